The van der Waals surface area contributed by atoms with E-state index in [1.807, 2.05) is 6.92 Å². The number of ketones is 1. The Morgan fingerprint density at radius 3 is 2.56 bits per heavy atom. The van der Waals surface area contributed by atoms with Gasteiger partial charge in [0.05, 0.1) is 0 Å². The minimum Gasteiger partial charge on any atom is -0.507 e. The van der Waals surface area contributed by atoms with Crippen molar-refractivity contribution < 1.29 is 9.90 Å². The van der Waals surface area contributed by atoms with Crippen LogP contribution in [0.4, 0.5) is 0 Å². The quantitative estimate of drug-likeness (QED) is 0.793. The van der Waals surface area contributed by atoms with Crippen molar-refractivity contribution in [2.75, 3.05) is 0 Å². The Labute approximate surface area is 94.5 Å². The second-order valence-electron chi connectivity index (χ2n) is 3.78. The SMILES string of the molecule is CCCn1c(C)cc(O)c(C(=O)CC)c1=O. The van der Waals surface area contributed by atoms with Crippen molar-refractivity contribution in [1.82, 2.24) is 4.57 Å². The number of pyridine rings is 1. The van der Waals surface area contributed by atoms with Gasteiger partial charge in [-0.05, 0) is 13.3 Å². The van der Waals surface area contributed by atoms with Gasteiger partial charge in [0.25, 0.3) is 5.56 Å². The average molecular weight is 223 g/mol. The summed E-state index contributed by atoms with van der Waals surface area (Å²) in [6, 6.07) is 1.47. The molecule has 0 saturated carbocycles. The minimum atomic E-state index is -0.383. The number of nitrogens with zero attached hydrogens (tertiary/aromatic N) is 1. The normalized spacial score (nSPS) is 10.4. The molecule has 0 aliphatic rings. The van der Waals surface area contributed by atoms with Gasteiger partial charge in [-0.25, -0.2) is 0 Å². The van der Waals surface area contributed by atoms with E-state index >= 15 is 0 Å². The van der Waals surface area contributed by atoms with Gasteiger partial charge in [0, 0.05) is 24.7 Å². The summed E-state index contributed by atoms with van der Waals surface area (Å²) in [6.07, 6.45) is 1.03. The summed E-state index contributed by atoms with van der Waals surface area (Å²) in [4.78, 5) is 23.5. The molecule has 0 radical (unpaired) electrons. The Hall–Kier alpha value is -1.58. The number of carbonyl (C=O) groups is 1. The molecule has 16 heavy (non-hydrogen) atoms. The predicted molar refractivity (Wildman–Crippen MR) is 62.0 cm³/mol. The number of aromatic nitrogens is 1. The summed E-state index contributed by atoms with van der Waals surface area (Å²) in [5.74, 6) is -0.519. The maximum absolute atomic E-state index is 12.0. The zero-order valence-electron chi connectivity index (χ0n) is 9.91. The van der Waals surface area contributed by atoms with Gasteiger partial charge in [-0.2, -0.15) is 0 Å². The highest BCUT2D eigenvalue weighted by atomic mass is 16.3. The third kappa shape index (κ3) is 2.15. The van der Waals surface area contributed by atoms with Crippen LogP contribution in [0.15, 0.2) is 10.9 Å². The fourth-order valence-corrected chi connectivity index (χ4v) is 1.69. The topological polar surface area (TPSA) is 59.3 Å². The molecule has 1 rings (SSSR count). The largest absolute Gasteiger partial charge is 0.507 e. The van der Waals surface area contributed by atoms with Crippen molar-refractivity contribution in [1.29, 1.82) is 0 Å². The average Bonchev–Trinajstić information content (AvgIpc) is 2.23. The second kappa shape index (κ2) is 4.96. The van der Waals surface area contributed by atoms with E-state index in [2.05, 4.69) is 0 Å². The first-order valence-electron chi connectivity index (χ1n) is 5.49. The first-order chi connectivity index (χ1) is 7.52. The third-order valence-electron chi connectivity index (χ3n) is 2.53. The lowest BCUT2D eigenvalue weighted by Crippen LogP contribution is -2.27. The van der Waals surface area contributed by atoms with E-state index in [1.165, 1.54) is 10.6 Å². The van der Waals surface area contributed by atoms with Crippen LogP contribution in [0.2, 0.25) is 0 Å². The van der Waals surface area contributed by atoms with Crippen molar-refractivity contribution in [2.24, 2.45) is 0 Å². The molecule has 1 N–H and O–H groups in total. The van der Waals surface area contributed by atoms with Crippen molar-refractivity contribution in [3.8, 4) is 5.75 Å². The molecule has 1 aromatic rings. The smallest absolute Gasteiger partial charge is 0.265 e. The monoisotopic (exact) mass is 223 g/mol. The van der Waals surface area contributed by atoms with Crippen LogP contribution in [0, 0.1) is 6.92 Å². The highest BCUT2D eigenvalue weighted by molar-refractivity contribution is 5.98. The lowest BCUT2D eigenvalue weighted by atomic mass is 10.1. The molecule has 0 aliphatic carbocycles. The molecule has 88 valence electrons. The van der Waals surface area contributed by atoms with E-state index in [1.54, 1.807) is 13.8 Å². The van der Waals surface area contributed by atoms with Crippen molar-refractivity contribution in [2.45, 2.75) is 40.2 Å². The van der Waals surface area contributed by atoms with Gasteiger partial charge in [0.1, 0.15) is 11.3 Å². The fourth-order valence-electron chi connectivity index (χ4n) is 1.69. The lowest BCUT2D eigenvalue weighted by molar-refractivity contribution is 0.0983. The second-order valence-corrected chi connectivity index (χ2v) is 3.78. The van der Waals surface area contributed by atoms with Gasteiger partial charge >= 0.3 is 0 Å². The molecule has 4 heteroatoms. The maximum atomic E-state index is 12.0. The number of aryl methyl sites for hydroxylation is 1. The first kappa shape index (κ1) is 12.5. The molecule has 1 aromatic heterocycles. The fraction of sp³-hybridized carbons (Fsp3) is 0.500. The number of hydrogen-bond donors (Lipinski definition) is 1. The first-order valence-corrected chi connectivity index (χ1v) is 5.49. The molecule has 0 unspecified atom stereocenters. The van der Waals surface area contributed by atoms with Gasteiger partial charge in [0.2, 0.25) is 0 Å². The lowest BCUT2D eigenvalue weighted by Gasteiger charge is -2.11. The zero-order valence-corrected chi connectivity index (χ0v) is 9.91. The molecule has 0 aliphatic heterocycles. The standard InChI is InChI=1S/C12H17NO3/c1-4-6-13-8(3)7-10(15)11(12(13)16)9(14)5-2/h7,15H,4-6H2,1-3H3. The molecule has 0 fully saturated rings. The number of carbonyl (C=O) groups excluding carboxylic acids is 1. The van der Waals surface area contributed by atoms with Gasteiger partial charge in [-0.15, -0.1) is 0 Å². The zero-order chi connectivity index (χ0) is 12.3. The summed E-state index contributed by atoms with van der Waals surface area (Å²) in [6.45, 7) is 5.94. The molecule has 4 nitrogen and oxygen atoms in total. The van der Waals surface area contributed by atoms with Gasteiger partial charge in [-0.3, -0.25) is 9.59 Å². The number of Topliss-reactive ketones (excluding diaryl/α,β-unsaturated/α-hetero) is 1. The summed E-state index contributed by atoms with van der Waals surface area (Å²) in [5.41, 5.74) is 0.213. The third-order valence-corrected chi connectivity index (χ3v) is 2.53. The summed E-state index contributed by atoms with van der Waals surface area (Å²) >= 11 is 0. The number of hydrogen-bond acceptors (Lipinski definition) is 3. The van der Waals surface area contributed by atoms with Crippen LogP contribution < -0.4 is 5.56 Å². The summed E-state index contributed by atoms with van der Waals surface area (Å²) < 4.78 is 1.53. The molecule has 0 bridgehead atoms. The van der Waals surface area contributed by atoms with E-state index in [-0.39, 0.29) is 29.1 Å². The van der Waals surface area contributed by atoms with Gasteiger partial charge in [0.15, 0.2) is 5.78 Å². The van der Waals surface area contributed by atoms with Crippen LogP contribution in [0.5, 0.6) is 5.75 Å². The van der Waals surface area contributed by atoms with Crippen LogP contribution in [0.3, 0.4) is 0 Å². The number of aromatic hydroxyl groups is 1. The van der Waals surface area contributed by atoms with Crippen molar-refractivity contribution in [3.05, 3.63) is 27.7 Å². The Morgan fingerprint density at radius 1 is 1.44 bits per heavy atom. The summed E-state index contributed by atoms with van der Waals surface area (Å²) in [5, 5.41) is 9.63. The molecule has 0 spiro atoms. The molecular formula is C12H17NO3. The van der Waals surface area contributed by atoms with Crippen LogP contribution in [-0.4, -0.2) is 15.5 Å². The van der Waals surface area contributed by atoms with Crippen molar-refractivity contribution in [3.63, 3.8) is 0 Å². The van der Waals surface area contributed by atoms with Crippen LogP contribution >= 0.6 is 0 Å². The van der Waals surface area contributed by atoms with E-state index in [4.69, 9.17) is 0 Å². The van der Waals surface area contributed by atoms with E-state index < -0.39 is 0 Å². The molecule has 1 heterocycles. The van der Waals surface area contributed by atoms with E-state index in [0.717, 1.165) is 6.42 Å². The molecular weight excluding hydrogens is 206 g/mol. The highest BCUT2D eigenvalue weighted by Crippen LogP contribution is 2.16. The molecule has 0 atom stereocenters. The Kier molecular flexibility index (Phi) is 3.88. The van der Waals surface area contributed by atoms with Crippen LogP contribution in [0.1, 0.15) is 42.7 Å². The Morgan fingerprint density at radius 2 is 2.06 bits per heavy atom. The van der Waals surface area contributed by atoms with Crippen molar-refractivity contribution >= 4 is 5.78 Å². The molecule has 0 amide bonds. The maximum Gasteiger partial charge on any atom is 0.265 e. The van der Waals surface area contributed by atoms with Crippen LogP contribution in [-0.2, 0) is 6.54 Å². The number of rotatable bonds is 4. The van der Waals surface area contributed by atoms with Gasteiger partial charge < -0.3 is 9.67 Å². The highest BCUT2D eigenvalue weighted by Gasteiger charge is 2.17. The Bertz CT molecular complexity index is 460. The van der Waals surface area contributed by atoms with E-state index in [0.29, 0.717) is 12.2 Å². The Balaban J connectivity index is 3.45. The van der Waals surface area contributed by atoms with E-state index in [9.17, 15) is 14.7 Å². The summed E-state index contributed by atoms with van der Waals surface area (Å²) in [7, 11) is 0. The molecule has 0 aromatic carbocycles. The van der Waals surface area contributed by atoms with Gasteiger partial charge in [-0.1, -0.05) is 13.8 Å². The molecule has 0 saturated heterocycles. The predicted octanol–water partition coefficient (Wildman–Crippen LogP) is 1.87. The minimum absolute atomic E-state index is 0.0819. The van der Waals surface area contributed by atoms with Crippen LogP contribution in [0.25, 0.3) is 0 Å².